The second-order valence-corrected chi connectivity index (χ2v) is 5.84. The number of carboxylic acid groups (broad SMARTS) is 1. The number of carbonyl (C=O) groups is 1. The smallest absolute Gasteiger partial charge is 0.303 e. The maximum absolute atomic E-state index is 10.3. The van der Waals surface area contributed by atoms with E-state index < -0.39 is 5.97 Å². The highest BCUT2D eigenvalue weighted by Crippen LogP contribution is 2.12. The van der Waals surface area contributed by atoms with Crippen LogP contribution >= 0.6 is 0 Å². The van der Waals surface area contributed by atoms with E-state index in [2.05, 4.69) is 5.32 Å². The van der Waals surface area contributed by atoms with Gasteiger partial charge in [-0.25, -0.2) is 0 Å². The number of nitrogens with one attached hydrogen (secondary N) is 1. The number of aliphatic carboxylic acids is 1. The summed E-state index contributed by atoms with van der Waals surface area (Å²) in [5, 5.41) is 11.7. The first kappa shape index (κ1) is 19.4. The summed E-state index contributed by atoms with van der Waals surface area (Å²) < 4.78 is 0. The van der Waals surface area contributed by atoms with Crippen molar-refractivity contribution in [2.75, 3.05) is 13.6 Å². The Kier molecular flexibility index (Phi) is 16.0. The van der Waals surface area contributed by atoms with Crippen LogP contribution in [-0.2, 0) is 4.79 Å². The third-order valence-electron chi connectivity index (χ3n) is 3.82. The molecule has 20 heavy (non-hydrogen) atoms. The molecule has 2 N–H and O–H groups in total. The Bertz CT molecular complexity index is 207. The Balaban J connectivity index is 2.94. The molecule has 0 amide bonds. The van der Waals surface area contributed by atoms with Crippen molar-refractivity contribution in [1.82, 2.24) is 5.32 Å². The van der Waals surface area contributed by atoms with Gasteiger partial charge in [0.15, 0.2) is 0 Å². The number of hydrogen-bond acceptors (Lipinski definition) is 2. The molecule has 0 atom stereocenters. The Labute approximate surface area is 125 Å². The standard InChI is InChI=1S/C17H35NO2/c1-18-16-14-12-10-8-6-4-2-3-5-7-9-11-13-15-17(19)20/h18H,2-16H2,1H3,(H,19,20). The number of rotatable bonds is 16. The van der Waals surface area contributed by atoms with Crippen molar-refractivity contribution in [2.24, 2.45) is 0 Å². The highest BCUT2D eigenvalue weighted by Gasteiger charge is 1.97. The van der Waals surface area contributed by atoms with Crippen LogP contribution < -0.4 is 5.32 Å². The minimum absolute atomic E-state index is 0.342. The third kappa shape index (κ3) is 17.4. The van der Waals surface area contributed by atoms with Crippen molar-refractivity contribution in [2.45, 2.75) is 89.9 Å². The van der Waals surface area contributed by atoms with E-state index >= 15 is 0 Å². The SMILES string of the molecule is CNCCCCCCCCCCCCCCCC(=O)O. The van der Waals surface area contributed by atoms with Crippen molar-refractivity contribution >= 4 is 5.97 Å². The topological polar surface area (TPSA) is 49.3 Å². The Morgan fingerprint density at radius 3 is 1.40 bits per heavy atom. The van der Waals surface area contributed by atoms with Crippen molar-refractivity contribution in [3.8, 4) is 0 Å². The molecule has 0 saturated heterocycles. The molecule has 0 aliphatic carbocycles. The lowest BCUT2D eigenvalue weighted by atomic mass is 10.0. The van der Waals surface area contributed by atoms with E-state index in [1.54, 1.807) is 0 Å². The molecule has 3 nitrogen and oxygen atoms in total. The van der Waals surface area contributed by atoms with Crippen molar-refractivity contribution in [3.05, 3.63) is 0 Å². The summed E-state index contributed by atoms with van der Waals surface area (Å²) in [7, 11) is 2.02. The first-order valence-corrected chi connectivity index (χ1v) is 8.63. The number of carboxylic acids is 1. The predicted molar refractivity (Wildman–Crippen MR) is 86.2 cm³/mol. The third-order valence-corrected chi connectivity index (χ3v) is 3.82. The molecule has 0 spiro atoms. The molecule has 0 aromatic carbocycles. The maximum Gasteiger partial charge on any atom is 0.303 e. The van der Waals surface area contributed by atoms with Crippen LogP contribution in [0.15, 0.2) is 0 Å². The van der Waals surface area contributed by atoms with E-state index in [4.69, 9.17) is 5.11 Å². The molecule has 3 heteroatoms. The van der Waals surface area contributed by atoms with Crippen LogP contribution in [0, 0.1) is 0 Å². The van der Waals surface area contributed by atoms with E-state index in [-0.39, 0.29) is 0 Å². The summed E-state index contributed by atoms with van der Waals surface area (Å²) in [6.45, 7) is 1.16. The van der Waals surface area contributed by atoms with Gasteiger partial charge in [0.05, 0.1) is 0 Å². The average molecular weight is 285 g/mol. The van der Waals surface area contributed by atoms with Gasteiger partial charge in [0.1, 0.15) is 0 Å². The van der Waals surface area contributed by atoms with E-state index in [1.165, 1.54) is 70.6 Å². The quantitative estimate of drug-likeness (QED) is 0.402. The highest BCUT2D eigenvalue weighted by molar-refractivity contribution is 5.66. The van der Waals surface area contributed by atoms with E-state index in [1.807, 2.05) is 7.05 Å². The molecule has 0 aromatic heterocycles. The zero-order valence-corrected chi connectivity index (χ0v) is 13.5. The first-order chi connectivity index (χ1) is 9.77. The summed E-state index contributed by atoms with van der Waals surface area (Å²) in [5.41, 5.74) is 0. The van der Waals surface area contributed by atoms with Gasteiger partial charge < -0.3 is 10.4 Å². The molecular weight excluding hydrogens is 250 g/mol. The fourth-order valence-electron chi connectivity index (χ4n) is 2.52. The fraction of sp³-hybridized carbons (Fsp3) is 0.941. The summed E-state index contributed by atoms with van der Waals surface area (Å²) in [6, 6.07) is 0. The van der Waals surface area contributed by atoms with Crippen molar-refractivity contribution in [1.29, 1.82) is 0 Å². The molecule has 0 saturated carbocycles. The van der Waals surface area contributed by atoms with Crippen molar-refractivity contribution < 1.29 is 9.90 Å². The van der Waals surface area contributed by atoms with E-state index in [9.17, 15) is 4.79 Å². The molecule has 0 radical (unpaired) electrons. The normalized spacial score (nSPS) is 10.8. The summed E-state index contributed by atoms with van der Waals surface area (Å²) >= 11 is 0. The van der Waals surface area contributed by atoms with Crippen LogP contribution in [-0.4, -0.2) is 24.7 Å². The lowest BCUT2D eigenvalue weighted by Crippen LogP contribution is -2.06. The van der Waals surface area contributed by atoms with Crippen LogP contribution in [0.2, 0.25) is 0 Å². The molecule has 0 aliphatic rings. The van der Waals surface area contributed by atoms with Gasteiger partial charge in [-0.2, -0.15) is 0 Å². The molecule has 0 bridgehead atoms. The van der Waals surface area contributed by atoms with E-state index in [0.717, 1.165) is 19.4 Å². The minimum atomic E-state index is -0.657. The lowest BCUT2D eigenvalue weighted by Gasteiger charge is -2.03. The summed E-state index contributed by atoms with van der Waals surface area (Å²) in [6.07, 6.45) is 17.1. The van der Waals surface area contributed by atoms with Gasteiger partial charge in [-0.15, -0.1) is 0 Å². The minimum Gasteiger partial charge on any atom is -0.481 e. The lowest BCUT2D eigenvalue weighted by molar-refractivity contribution is -0.137. The fourth-order valence-corrected chi connectivity index (χ4v) is 2.52. The second kappa shape index (κ2) is 16.5. The Hall–Kier alpha value is -0.570. The van der Waals surface area contributed by atoms with Gasteiger partial charge in [-0.1, -0.05) is 70.6 Å². The Morgan fingerprint density at radius 2 is 1.05 bits per heavy atom. The molecule has 120 valence electrons. The first-order valence-electron chi connectivity index (χ1n) is 8.63. The van der Waals surface area contributed by atoms with E-state index in [0.29, 0.717) is 6.42 Å². The zero-order valence-electron chi connectivity index (χ0n) is 13.5. The van der Waals surface area contributed by atoms with Crippen LogP contribution in [0.5, 0.6) is 0 Å². The number of hydrogen-bond donors (Lipinski definition) is 2. The van der Waals surface area contributed by atoms with Gasteiger partial charge in [0.25, 0.3) is 0 Å². The second-order valence-electron chi connectivity index (χ2n) is 5.84. The van der Waals surface area contributed by atoms with Gasteiger partial charge in [-0.3, -0.25) is 4.79 Å². The molecule has 0 rings (SSSR count). The van der Waals surface area contributed by atoms with Crippen LogP contribution in [0.3, 0.4) is 0 Å². The van der Waals surface area contributed by atoms with Crippen molar-refractivity contribution in [3.63, 3.8) is 0 Å². The predicted octanol–water partition coefficient (Wildman–Crippen LogP) is 4.75. The molecular formula is C17H35NO2. The largest absolute Gasteiger partial charge is 0.481 e. The van der Waals surface area contributed by atoms with Gasteiger partial charge >= 0.3 is 5.97 Å². The van der Waals surface area contributed by atoms with Gasteiger partial charge in [0, 0.05) is 6.42 Å². The molecule has 0 heterocycles. The summed E-state index contributed by atoms with van der Waals surface area (Å²) in [5.74, 6) is -0.657. The molecule has 0 aliphatic heterocycles. The zero-order chi connectivity index (χ0) is 14.9. The molecule has 0 fully saturated rings. The monoisotopic (exact) mass is 285 g/mol. The molecule has 0 unspecified atom stereocenters. The maximum atomic E-state index is 10.3. The van der Waals surface area contributed by atoms with Crippen LogP contribution in [0.1, 0.15) is 89.9 Å². The van der Waals surface area contributed by atoms with Gasteiger partial charge in [0.2, 0.25) is 0 Å². The Morgan fingerprint density at radius 1 is 0.700 bits per heavy atom. The average Bonchev–Trinajstić information content (AvgIpc) is 2.43. The molecule has 0 aromatic rings. The summed E-state index contributed by atoms with van der Waals surface area (Å²) in [4.78, 5) is 10.3. The highest BCUT2D eigenvalue weighted by atomic mass is 16.4. The number of unbranched alkanes of at least 4 members (excludes halogenated alkanes) is 12. The van der Waals surface area contributed by atoms with Crippen LogP contribution in [0.4, 0.5) is 0 Å². The van der Waals surface area contributed by atoms with Crippen LogP contribution in [0.25, 0.3) is 0 Å². The van der Waals surface area contributed by atoms with Gasteiger partial charge in [-0.05, 0) is 26.4 Å².